The van der Waals surface area contributed by atoms with Gasteiger partial charge in [-0.1, -0.05) is 176 Å². The van der Waals surface area contributed by atoms with E-state index in [1.54, 1.807) is 0 Å². The van der Waals surface area contributed by atoms with Crippen molar-refractivity contribution in [3.63, 3.8) is 0 Å². The molecule has 0 unspecified atom stereocenters. The number of fused-ring (bicyclic) bond motifs is 4. The predicted molar refractivity (Wildman–Crippen MR) is 257 cm³/mol. The molecule has 0 spiro atoms. The summed E-state index contributed by atoms with van der Waals surface area (Å²) >= 11 is 0. The number of pyridine rings is 2. The predicted octanol–water partition coefficient (Wildman–Crippen LogP) is 16.0. The summed E-state index contributed by atoms with van der Waals surface area (Å²) in [6.45, 7) is 20.2. The first-order valence-electron chi connectivity index (χ1n) is 20.9. The highest BCUT2D eigenvalue weighted by molar-refractivity contribution is 6.40. The summed E-state index contributed by atoms with van der Waals surface area (Å²) in [5.41, 5.74) is 14.0. The highest BCUT2D eigenvalue weighted by Crippen LogP contribution is 2.51. The molecule has 0 saturated carbocycles. The van der Waals surface area contributed by atoms with Crippen LogP contribution in [0.3, 0.4) is 0 Å². The van der Waals surface area contributed by atoms with Crippen molar-refractivity contribution in [2.45, 2.75) is 59.3 Å². The lowest BCUT2D eigenvalue weighted by atomic mass is 9.80. The molecule has 2 nitrogen and oxygen atoms in total. The van der Waals surface area contributed by atoms with Gasteiger partial charge in [-0.3, -0.25) is 0 Å². The molecule has 0 aliphatic rings. The highest BCUT2D eigenvalue weighted by Gasteiger charge is 2.27. The zero-order chi connectivity index (χ0) is 40.5. The van der Waals surface area contributed by atoms with Gasteiger partial charge in [-0.15, -0.1) is 0 Å². The van der Waals surface area contributed by atoms with Crippen molar-refractivity contribution in [2.75, 3.05) is 0 Å². The van der Waals surface area contributed by atoms with Gasteiger partial charge in [0.25, 0.3) is 0 Å². The first-order valence-corrected chi connectivity index (χ1v) is 20.9. The molecule has 0 radical (unpaired) electrons. The normalized spacial score (nSPS) is 13.0. The second-order valence-corrected chi connectivity index (χ2v) is 18.5. The van der Waals surface area contributed by atoms with E-state index < -0.39 is 0 Å². The Hall–Kier alpha value is -6.64. The van der Waals surface area contributed by atoms with E-state index in [0.717, 1.165) is 33.0 Å². The number of aromatic nitrogens is 2. The molecule has 11 rings (SSSR count). The quantitative estimate of drug-likeness (QED) is 0.101. The summed E-state index contributed by atoms with van der Waals surface area (Å²) in [4.78, 5) is 11.3. The van der Waals surface area contributed by atoms with Crippen LogP contribution < -0.4 is 0 Å². The summed E-state index contributed by atoms with van der Waals surface area (Å²) in [5, 5.41) is 14.6. The van der Waals surface area contributed by atoms with Crippen molar-refractivity contribution < 1.29 is 0 Å². The number of nitrogens with zero attached hydrogens (tertiary/aromatic N) is 2. The van der Waals surface area contributed by atoms with Crippen molar-refractivity contribution >= 4 is 92.8 Å². The standard InChI is InChI=1S/C57H46N2/c1-9-10-17-33-32(2)48(38-24-13-22-36-34(38)20-15-26-44(36)56(3,4)5)42-28-30-47-52-50(42)54(33)58-46-31-29-43-49(40-18-11-12-19-41(40)55(59-47)51(43)53(46)52)39-25-14-23-37-35(39)21-16-27-45(37)57(6,7)8/h9-31H,1H2,2-8H3/b17-10-. The molecule has 0 atom stereocenters. The Morgan fingerprint density at radius 1 is 0.441 bits per heavy atom. The Bertz CT molecular complexity index is 3590. The zero-order valence-corrected chi connectivity index (χ0v) is 34.9. The van der Waals surface area contributed by atoms with Crippen LogP contribution in [-0.4, -0.2) is 9.97 Å². The van der Waals surface area contributed by atoms with Gasteiger partial charge in [0.05, 0.1) is 22.1 Å². The van der Waals surface area contributed by atoms with Gasteiger partial charge in [-0.25, -0.2) is 9.97 Å². The molecule has 0 fully saturated rings. The fourth-order valence-electron chi connectivity index (χ4n) is 10.5. The van der Waals surface area contributed by atoms with Gasteiger partial charge in [0.15, 0.2) is 0 Å². The summed E-state index contributed by atoms with van der Waals surface area (Å²) in [6.07, 6.45) is 6.11. The molecule has 2 heteroatoms. The summed E-state index contributed by atoms with van der Waals surface area (Å²) < 4.78 is 0. The number of hydrogen-bond acceptors (Lipinski definition) is 2. The molecular weight excluding hydrogens is 713 g/mol. The van der Waals surface area contributed by atoms with Crippen molar-refractivity contribution in [3.05, 3.63) is 162 Å². The van der Waals surface area contributed by atoms with Crippen LogP contribution in [0, 0.1) is 6.92 Å². The Morgan fingerprint density at radius 2 is 0.915 bits per heavy atom. The molecule has 9 aromatic carbocycles. The van der Waals surface area contributed by atoms with E-state index >= 15 is 0 Å². The Balaban J connectivity index is 1.33. The number of hydrogen-bond donors (Lipinski definition) is 0. The second-order valence-electron chi connectivity index (χ2n) is 18.5. The van der Waals surface area contributed by atoms with Crippen LogP contribution in [0.4, 0.5) is 0 Å². The molecule has 2 heterocycles. The summed E-state index contributed by atoms with van der Waals surface area (Å²) in [6, 6.07) is 45.3. The van der Waals surface area contributed by atoms with Crippen LogP contribution in [0.2, 0.25) is 0 Å². The zero-order valence-electron chi connectivity index (χ0n) is 34.9. The largest absolute Gasteiger partial charge is 0.247 e. The van der Waals surface area contributed by atoms with Gasteiger partial charge in [0.1, 0.15) is 0 Å². The molecule has 0 aliphatic heterocycles. The molecule has 0 saturated heterocycles. The van der Waals surface area contributed by atoms with E-state index in [1.807, 2.05) is 12.2 Å². The second kappa shape index (κ2) is 12.4. The Kier molecular flexibility index (Phi) is 7.48. The number of allylic oxidation sites excluding steroid dienone is 2. The lowest BCUT2D eigenvalue weighted by Gasteiger charge is -2.25. The average molecular weight is 759 g/mol. The van der Waals surface area contributed by atoms with E-state index in [2.05, 4.69) is 182 Å². The van der Waals surface area contributed by atoms with Gasteiger partial charge in [-0.05, 0) is 107 Å². The monoisotopic (exact) mass is 758 g/mol. The fraction of sp³-hybridized carbons (Fsp3) is 0.158. The van der Waals surface area contributed by atoms with Crippen LogP contribution >= 0.6 is 0 Å². The van der Waals surface area contributed by atoms with Crippen molar-refractivity contribution in [3.8, 4) is 22.3 Å². The summed E-state index contributed by atoms with van der Waals surface area (Å²) in [5.74, 6) is 0. The molecule has 0 aliphatic carbocycles. The number of rotatable bonds is 4. The van der Waals surface area contributed by atoms with Crippen LogP contribution in [0.15, 0.2) is 140 Å². The number of benzene rings is 9. The van der Waals surface area contributed by atoms with Crippen molar-refractivity contribution in [1.29, 1.82) is 0 Å². The van der Waals surface area contributed by atoms with Crippen LogP contribution in [0.1, 0.15) is 63.8 Å². The molecule has 0 amide bonds. The third-order valence-electron chi connectivity index (χ3n) is 13.0. The Labute approximate surface area is 345 Å². The van der Waals surface area contributed by atoms with Crippen molar-refractivity contribution in [1.82, 2.24) is 9.97 Å². The van der Waals surface area contributed by atoms with Gasteiger partial charge in [0, 0.05) is 32.5 Å². The van der Waals surface area contributed by atoms with Crippen LogP contribution in [-0.2, 0) is 10.8 Å². The molecule has 0 N–H and O–H groups in total. The average Bonchev–Trinajstić information content (AvgIpc) is 3.23. The van der Waals surface area contributed by atoms with Crippen molar-refractivity contribution in [2.24, 2.45) is 0 Å². The molecule has 284 valence electrons. The topological polar surface area (TPSA) is 25.8 Å². The molecular formula is C57H46N2. The van der Waals surface area contributed by atoms with E-state index in [-0.39, 0.29) is 10.8 Å². The van der Waals surface area contributed by atoms with E-state index in [9.17, 15) is 0 Å². The van der Waals surface area contributed by atoms with Crippen LogP contribution in [0.25, 0.3) is 115 Å². The summed E-state index contributed by atoms with van der Waals surface area (Å²) in [7, 11) is 0. The molecule has 2 aromatic heterocycles. The molecule has 11 aromatic rings. The third kappa shape index (κ3) is 4.99. The fourth-order valence-corrected chi connectivity index (χ4v) is 10.5. The third-order valence-corrected chi connectivity index (χ3v) is 13.0. The van der Waals surface area contributed by atoms with E-state index in [0.29, 0.717) is 0 Å². The minimum Gasteiger partial charge on any atom is -0.247 e. The molecule has 59 heavy (non-hydrogen) atoms. The lowest BCUT2D eigenvalue weighted by molar-refractivity contribution is 0.595. The minimum absolute atomic E-state index is 0.00364. The maximum Gasteiger partial charge on any atom is 0.0801 e. The minimum atomic E-state index is 0.00364. The maximum absolute atomic E-state index is 5.65. The van der Waals surface area contributed by atoms with Crippen LogP contribution in [0.5, 0.6) is 0 Å². The lowest BCUT2D eigenvalue weighted by Crippen LogP contribution is -2.11. The van der Waals surface area contributed by atoms with E-state index in [4.69, 9.17) is 9.97 Å². The van der Waals surface area contributed by atoms with Gasteiger partial charge < -0.3 is 0 Å². The highest BCUT2D eigenvalue weighted by atomic mass is 14.7. The van der Waals surface area contributed by atoms with Gasteiger partial charge in [0.2, 0.25) is 0 Å². The maximum atomic E-state index is 5.65. The Morgan fingerprint density at radius 3 is 1.49 bits per heavy atom. The first kappa shape index (κ1) is 35.5. The van der Waals surface area contributed by atoms with E-state index in [1.165, 1.54) is 98.2 Å². The first-order chi connectivity index (χ1) is 28.5. The SMILES string of the molecule is C=C/C=C\c1c(C)c(-c2cccc3c(C(C)(C)C)cccc23)c2ccc3nc4c5ccccc5c(-c5cccc6c(C(C)(C)C)cccc56)c5ccc6nc1c2c3c6c54. The van der Waals surface area contributed by atoms with Gasteiger partial charge >= 0.3 is 0 Å². The smallest absolute Gasteiger partial charge is 0.0801 e. The molecule has 0 bridgehead atoms. The van der Waals surface area contributed by atoms with Gasteiger partial charge in [-0.2, -0.15) is 0 Å².